The maximum atomic E-state index is 12.4. The average molecular weight is 292 g/mol. The van der Waals surface area contributed by atoms with E-state index in [0.29, 0.717) is 31.8 Å². The van der Waals surface area contributed by atoms with E-state index in [-0.39, 0.29) is 28.8 Å². The molecule has 2 rings (SSSR count). The second-order valence-corrected chi connectivity index (χ2v) is 5.24. The highest BCUT2D eigenvalue weighted by Gasteiger charge is 2.30. The summed E-state index contributed by atoms with van der Waals surface area (Å²) in [6, 6.07) is 1.40. The van der Waals surface area contributed by atoms with E-state index in [9.17, 15) is 14.4 Å². The molecule has 1 aliphatic rings. The molecule has 0 bridgehead atoms. The largest absolute Gasteiger partial charge is 0.466 e. The van der Waals surface area contributed by atoms with Crippen LogP contribution < -0.4 is 5.43 Å². The smallest absolute Gasteiger partial charge is 0.310 e. The van der Waals surface area contributed by atoms with Gasteiger partial charge in [0.05, 0.1) is 12.5 Å². The first kappa shape index (κ1) is 15.3. The highest BCUT2D eigenvalue weighted by molar-refractivity contribution is 5.94. The van der Waals surface area contributed by atoms with Crippen molar-refractivity contribution < 1.29 is 14.3 Å². The Morgan fingerprint density at radius 3 is 2.90 bits per heavy atom. The first-order chi connectivity index (χ1) is 10.0. The number of H-pyrrole nitrogens is 1. The Kier molecular flexibility index (Phi) is 4.77. The van der Waals surface area contributed by atoms with Crippen LogP contribution in [0.15, 0.2) is 17.1 Å². The molecule has 0 spiro atoms. The molecule has 2 heterocycles. The molecule has 1 amide bonds. The predicted octanol–water partition coefficient (Wildman–Crippen LogP) is 1.10. The van der Waals surface area contributed by atoms with Gasteiger partial charge in [-0.25, -0.2) is 0 Å². The second-order valence-electron chi connectivity index (χ2n) is 5.24. The molecule has 1 fully saturated rings. The van der Waals surface area contributed by atoms with Crippen molar-refractivity contribution in [3.8, 4) is 0 Å². The number of hydrogen-bond donors (Lipinski definition) is 1. The molecule has 0 saturated carbocycles. The van der Waals surface area contributed by atoms with Crippen LogP contribution in [0.1, 0.15) is 35.8 Å². The van der Waals surface area contributed by atoms with Gasteiger partial charge >= 0.3 is 5.97 Å². The van der Waals surface area contributed by atoms with Crippen molar-refractivity contribution in [2.24, 2.45) is 5.92 Å². The quantitative estimate of drug-likeness (QED) is 0.846. The normalized spacial score (nSPS) is 18.4. The van der Waals surface area contributed by atoms with Gasteiger partial charge in [0.2, 0.25) is 0 Å². The third-order valence-corrected chi connectivity index (χ3v) is 3.62. The van der Waals surface area contributed by atoms with Crippen LogP contribution in [-0.4, -0.2) is 41.5 Å². The number of carbonyl (C=O) groups is 2. The number of esters is 1. The summed E-state index contributed by atoms with van der Waals surface area (Å²) in [4.78, 5) is 40.5. The molecule has 1 atom stereocenters. The number of piperidine rings is 1. The van der Waals surface area contributed by atoms with Gasteiger partial charge in [-0.05, 0) is 26.7 Å². The fourth-order valence-electron chi connectivity index (χ4n) is 2.52. The zero-order chi connectivity index (χ0) is 15.4. The molecule has 1 aliphatic heterocycles. The van der Waals surface area contributed by atoms with Gasteiger partial charge in [0.15, 0.2) is 5.43 Å². The summed E-state index contributed by atoms with van der Waals surface area (Å²) in [5.41, 5.74) is 0.527. The third kappa shape index (κ3) is 3.51. The van der Waals surface area contributed by atoms with E-state index in [4.69, 9.17) is 4.74 Å². The van der Waals surface area contributed by atoms with E-state index < -0.39 is 0 Å². The van der Waals surface area contributed by atoms with Gasteiger partial charge in [0, 0.05) is 31.0 Å². The van der Waals surface area contributed by atoms with Gasteiger partial charge in [-0.3, -0.25) is 14.4 Å². The Labute approximate surface area is 123 Å². The van der Waals surface area contributed by atoms with Crippen LogP contribution >= 0.6 is 0 Å². The number of amides is 1. The van der Waals surface area contributed by atoms with Crippen molar-refractivity contribution >= 4 is 11.9 Å². The average Bonchev–Trinajstić information content (AvgIpc) is 2.47. The van der Waals surface area contributed by atoms with Crippen molar-refractivity contribution in [2.75, 3.05) is 19.7 Å². The van der Waals surface area contributed by atoms with E-state index in [1.807, 2.05) is 0 Å². The summed E-state index contributed by atoms with van der Waals surface area (Å²) in [7, 11) is 0. The van der Waals surface area contributed by atoms with Crippen molar-refractivity contribution in [1.29, 1.82) is 0 Å². The van der Waals surface area contributed by atoms with Crippen molar-refractivity contribution in [2.45, 2.75) is 26.7 Å². The molecule has 1 N–H and O–H groups in total. The third-order valence-electron chi connectivity index (χ3n) is 3.62. The molecule has 1 aromatic rings. The van der Waals surface area contributed by atoms with Crippen LogP contribution in [0.2, 0.25) is 0 Å². The number of aryl methyl sites for hydroxylation is 1. The lowest BCUT2D eigenvalue weighted by Crippen LogP contribution is -2.44. The van der Waals surface area contributed by atoms with Gasteiger partial charge < -0.3 is 14.6 Å². The summed E-state index contributed by atoms with van der Waals surface area (Å²) in [6.07, 6.45) is 2.89. The molecule has 1 aromatic heterocycles. The van der Waals surface area contributed by atoms with Crippen LogP contribution in [0.5, 0.6) is 0 Å². The van der Waals surface area contributed by atoms with Crippen LogP contribution in [0.4, 0.5) is 0 Å². The fraction of sp³-hybridized carbons (Fsp3) is 0.533. The summed E-state index contributed by atoms with van der Waals surface area (Å²) in [5.74, 6) is -0.898. The van der Waals surface area contributed by atoms with Gasteiger partial charge in [-0.2, -0.15) is 0 Å². The van der Waals surface area contributed by atoms with Crippen LogP contribution in [0.3, 0.4) is 0 Å². The zero-order valence-corrected chi connectivity index (χ0v) is 12.3. The molecule has 1 unspecified atom stereocenters. The minimum absolute atomic E-state index is 0.116. The number of pyridine rings is 1. The summed E-state index contributed by atoms with van der Waals surface area (Å²) >= 11 is 0. The molecule has 6 heteroatoms. The van der Waals surface area contributed by atoms with Gasteiger partial charge in [-0.1, -0.05) is 0 Å². The maximum absolute atomic E-state index is 12.4. The van der Waals surface area contributed by atoms with Gasteiger partial charge in [0.1, 0.15) is 5.56 Å². The van der Waals surface area contributed by atoms with Gasteiger partial charge in [0.25, 0.3) is 5.91 Å². The van der Waals surface area contributed by atoms with E-state index in [0.717, 1.165) is 6.42 Å². The van der Waals surface area contributed by atoms with E-state index >= 15 is 0 Å². The Bertz CT molecular complexity index is 594. The van der Waals surface area contributed by atoms with Crippen molar-refractivity contribution in [3.63, 3.8) is 0 Å². The van der Waals surface area contributed by atoms with E-state index in [2.05, 4.69) is 4.98 Å². The number of ether oxygens (including phenoxy) is 1. The van der Waals surface area contributed by atoms with Crippen LogP contribution in [0, 0.1) is 12.8 Å². The first-order valence-corrected chi connectivity index (χ1v) is 7.18. The molecule has 1 saturated heterocycles. The van der Waals surface area contributed by atoms with Crippen LogP contribution in [-0.2, 0) is 9.53 Å². The Morgan fingerprint density at radius 2 is 2.24 bits per heavy atom. The number of nitrogens with zero attached hydrogens (tertiary/aromatic N) is 1. The Morgan fingerprint density at radius 1 is 1.48 bits per heavy atom. The van der Waals surface area contributed by atoms with E-state index in [1.54, 1.807) is 18.7 Å². The topological polar surface area (TPSA) is 79.5 Å². The predicted molar refractivity (Wildman–Crippen MR) is 77.1 cm³/mol. The van der Waals surface area contributed by atoms with Crippen molar-refractivity contribution in [3.05, 3.63) is 33.7 Å². The lowest BCUT2D eigenvalue weighted by atomic mass is 9.97. The molecular formula is C15H20N2O4. The zero-order valence-electron chi connectivity index (χ0n) is 12.3. The highest BCUT2D eigenvalue weighted by Crippen LogP contribution is 2.19. The summed E-state index contributed by atoms with van der Waals surface area (Å²) in [5, 5.41) is 0. The SMILES string of the molecule is CCOC(=O)C1CCCN(C(=O)c2c[nH]c(C)cc2=O)C1. The second kappa shape index (κ2) is 6.56. The number of carbonyl (C=O) groups excluding carboxylic acids is 2. The molecule has 21 heavy (non-hydrogen) atoms. The number of aromatic amines is 1. The van der Waals surface area contributed by atoms with Crippen LogP contribution in [0.25, 0.3) is 0 Å². The minimum Gasteiger partial charge on any atom is -0.466 e. The molecule has 0 radical (unpaired) electrons. The lowest BCUT2D eigenvalue weighted by molar-refractivity contribution is -0.149. The molecular weight excluding hydrogens is 272 g/mol. The highest BCUT2D eigenvalue weighted by atomic mass is 16.5. The number of rotatable bonds is 3. The minimum atomic E-state index is -0.328. The Balaban J connectivity index is 2.12. The number of likely N-dealkylation sites (tertiary alicyclic amines) is 1. The van der Waals surface area contributed by atoms with Crippen molar-refractivity contribution in [1.82, 2.24) is 9.88 Å². The Hall–Kier alpha value is -2.11. The first-order valence-electron chi connectivity index (χ1n) is 7.18. The molecule has 0 aromatic carbocycles. The van der Waals surface area contributed by atoms with E-state index in [1.165, 1.54) is 12.3 Å². The standard InChI is InChI=1S/C15H20N2O4/c1-3-21-15(20)11-5-4-6-17(9-11)14(19)12-8-16-10(2)7-13(12)18/h7-8,11H,3-6,9H2,1-2H3,(H,16,18). The molecule has 6 nitrogen and oxygen atoms in total. The fourth-order valence-corrected chi connectivity index (χ4v) is 2.52. The molecule has 114 valence electrons. The lowest BCUT2D eigenvalue weighted by Gasteiger charge is -2.31. The number of nitrogens with one attached hydrogen (secondary N) is 1. The number of aromatic nitrogens is 1. The summed E-state index contributed by atoms with van der Waals surface area (Å²) < 4.78 is 5.01. The van der Waals surface area contributed by atoms with Gasteiger partial charge in [-0.15, -0.1) is 0 Å². The monoisotopic (exact) mass is 292 g/mol. The molecule has 0 aliphatic carbocycles. The summed E-state index contributed by atoms with van der Waals surface area (Å²) in [6.45, 7) is 4.72. The maximum Gasteiger partial charge on any atom is 0.310 e. The number of hydrogen-bond acceptors (Lipinski definition) is 4.